The van der Waals surface area contributed by atoms with Crippen molar-refractivity contribution in [1.82, 2.24) is 4.90 Å². The lowest BCUT2D eigenvalue weighted by Crippen LogP contribution is -2.25. The number of hydrogen-bond acceptors (Lipinski definition) is 3. The molecule has 25 heavy (non-hydrogen) atoms. The maximum Gasteiger partial charge on any atom is 0.109 e. The summed E-state index contributed by atoms with van der Waals surface area (Å²) in [7, 11) is 0. The Labute approximate surface area is 172 Å². The maximum absolute atomic E-state index is 6.17. The topological polar surface area (TPSA) is 29.3 Å². The minimum Gasteiger partial charge on any atom is -0.385 e. The van der Waals surface area contributed by atoms with Gasteiger partial charge in [0.25, 0.3) is 0 Å². The van der Waals surface area contributed by atoms with Crippen molar-refractivity contribution in [2.24, 2.45) is 5.73 Å². The summed E-state index contributed by atoms with van der Waals surface area (Å²) >= 11 is 1.93. The second-order valence-electron chi connectivity index (χ2n) is 7.30. The molecule has 0 radical (unpaired) electrons. The van der Waals surface area contributed by atoms with Crippen LogP contribution in [-0.4, -0.2) is 17.3 Å². The van der Waals surface area contributed by atoms with Gasteiger partial charge < -0.3 is 10.6 Å². The zero-order valence-corrected chi connectivity index (χ0v) is 19.4. The molecule has 150 valence electrons. The third-order valence-electron chi connectivity index (χ3n) is 5.12. The highest BCUT2D eigenvalue weighted by Gasteiger charge is 2.18. The first kappa shape index (κ1) is 25.2. The molecule has 0 aromatic carbocycles. The van der Waals surface area contributed by atoms with E-state index in [4.69, 9.17) is 5.73 Å². The van der Waals surface area contributed by atoms with Crippen molar-refractivity contribution in [3.8, 4) is 0 Å². The summed E-state index contributed by atoms with van der Waals surface area (Å²) in [6.07, 6.45) is 21.0. The molecule has 0 fully saturated rings. The van der Waals surface area contributed by atoms with Gasteiger partial charge >= 0.3 is 0 Å². The number of unbranched alkanes of at least 4 members (excludes halogenated alkanes) is 13. The lowest BCUT2D eigenvalue weighted by atomic mass is 10.0. The van der Waals surface area contributed by atoms with E-state index in [0.29, 0.717) is 0 Å². The van der Waals surface area contributed by atoms with Gasteiger partial charge in [0.05, 0.1) is 5.88 Å². The van der Waals surface area contributed by atoms with Crippen molar-refractivity contribution in [3.05, 3.63) is 10.7 Å². The van der Waals surface area contributed by atoms with Crippen molar-refractivity contribution < 1.29 is 0 Å². The van der Waals surface area contributed by atoms with Crippen LogP contribution in [0.1, 0.15) is 110 Å². The fraction of sp³-hybridized carbons (Fsp3) is 0.905. The Morgan fingerprint density at radius 3 is 1.60 bits per heavy atom. The molecular weight excluding hydrogens is 392 g/mol. The second-order valence-corrected chi connectivity index (χ2v) is 8.33. The number of hydrogen-bond donors (Lipinski definition) is 1. The number of rotatable bonds is 16. The Morgan fingerprint density at radius 1 is 0.760 bits per heavy atom. The van der Waals surface area contributed by atoms with E-state index >= 15 is 0 Å². The summed E-state index contributed by atoms with van der Waals surface area (Å²) in [4.78, 5) is 3.75. The summed E-state index contributed by atoms with van der Waals surface area (Å²) in [6.45, 7) is 5.64. The summed E-state index contributed by atoms with van der Waals surface area (Å²) in [5.74, 6) is 2.13. The number of halogens is 1. The Bertz CT molecular complexity index is 334. The van der Waals surface area contributed by atoms with Crippen molar-refractivity contribution in [1.29, 1.82) is 0 Å². The lowest BCUT2D eigenvalue weighted by Gasteiger charge is -2.18. The molecule has 2 nitrogen and oxygen atoms in total. The zero-order valence-electron chi connectivity index (χ0n) is 16.9. The molecule has 0 unspecified atom stereocenters. The van der Waals surface area contributed by atoms with E-state index in [0.717, 1.165) is 24.7 Å². The molecule has 0 saturated heterocycles. The number of nitrogens with two attached hydrogens (primary N) is 1. The van der Waals surface area contributed by atoms with Gasteiger partial charge in [-0.25, -0.2) is 0 Å². The van der Waals surface area contributed by atoms with Crippen LogP contribution in [0.2, 0.25) is 0 Å². The molecule has 1 heterocycles. The molecule has 1 aliphatic heterocycles. The van der Waals surface area contributed by atoms with Gasteiger partial charge in [0.1, 0.15) is 5.82 Å². The fourth-order valence-corrected chi connectivity index (χ4v) is 4.50. The van der Waals surface area contributed by atoms with E-state index < -0.39 is 0 Å². The fourth-order valence-electron chi connectivity index (χ4n) is 3.44. The van der Waals surface area contributed by atoms with Crippen molar-refractivity contribution in [2.75, 3.05) is 12.4 Å². The quantitative estimate of drug-likeness (QED) is 0.253. The largest absolute Gasteiger partial charge is 0.385 e. The van der Waals surface area contributed by atoms with Gasteiger partial charge in [-0.2, -0.15) is 0 Å². The van der Waals surface area contributed by atoms with E-state index in [1.165, 1.54) is 94.8 Å². The Hall–Kier alpha value is 0.170. The highest BCUT2D eigenvalue weighted by molar-refractivity contribution is 8.93. The molecule has 1 aliphatic rings. The van der Waals surface area contributed by atoms with E-state index in [2.05, 4.69) is 18.7 Å². The van der Waals surface area contributed by atoms with Gasteiger partial charge in [-0.15, -0.1) is 28.7 Å². The van der Waals surface area contributed by atoms with E-state index in [-0.39, 0.29) is 17.0 Å². The first-order valence-electron chi connectivity index (χ1n) is 10.7. The minimum atomic E-state index is 0. The monoisotopic (exact) mass is 434 g/mol. The van der Waals surface area contributed by atoms with Gasteiger partial charge in [0.15, 0.2) is 0 Å². The molecule has 1 rings (SSSR count). The van der Waals surface area contributed by atoms with Crippen LogP contribution in [0.25, 0.3) is 0 Å². The summed E-state index contributed by atoms with van der Waals surface area (Å²) < 4.78 is 0. The van der Waals surface area contributed by atoms with Crippen LogP contribution < -0.4 is 5.73 Å². The normalized spacial score (nSPS) is 14.2. The minimum absolute atomic E-state index is 0. The average Bonchev–Trinajstić information content (AvgIpc) is 2.95. The molecule has 0 bridgehead atoms. The van der Waals surface area contributed by atoms with Crippen LogP contribution >= 0.6 is 28.7 Å². The first-order valence-corrected chi connectivity index (χ1v) is 11.6. The van der Waals surface area contributed by atoms with E-state index in [9.17, 15) is 0 Å². The van der Waals surface area contributed by atoms with Crippen LogP contribution in [0.5, 0.6) is 0 Å². The third-order valence-corrected chi connectivity index (χ3v) is 6.41. The van der Waals surface area contributed by atoms with Gasteiger partial charge in [-0.1, -0.05) is 97.3 Å². The van der Waals surface area contributed by atoms with Crippen LogP contribution in [0.3, 0.4) is 0 Å². The third kappa shape index (κ3) is 12.2. The SMILES string of the molecule is Br.CCCCCCCCCCCCCCCCN1CSC(CC)=C1N. The molecule has 0 aromatic rings. The van der Waals surface area contributed by atoms with Crippen LogP contribution in [-0.2, 0) is 0 Å². The second kappa shape index (κ2) is 17.6. The van der Waals surface area contributed by atoms with E-state index in [1.807, 2.05) is 11.8 Å². The van der Waals surface area contributed by atoms with Gasteiger partial charge in [0.2, 0.25) is 0 Å². The molecular formula is C21H43BrN2S. The number of thioether (sulfide) groups is 1. The van der Waals surface area contributed by atoms with Crippen LogP contribution in [0.4, 0.5) is 0 Å². The smallest absolute Gasteiger partial charge is 0.109 e. The predicted molar refractivity (Wildman–Crippen MR) is 121 cm³/mol. The van der Waals surface area contributed by atoms with Crippen molar-refractivity contribution in [2.45, 2.75) is 110 Å². The van der Waals surface area contributed by atoms with Crippen molar-refractivity contribution >= 4 is 28.7 Å². The Morgan fingerprint density at radius 2 is 1.20 bits per heavy atom. The molecule has 0 aliphatic carbocycles. The number of nitrogens with zero attached hydrogens (tertiary/aromatic N) is 1. The molecule has 0 amide bonds. The molecule has 0 aromatic heterocycles. The van der Waals surface area contributed by atoms with Gasteiger partial charge in [0, 0.05) is 11.4 Å². The summed E-state index contributed by atoms with van der Waals surface area (Å²) in [6, 6.07) is 0. The zero-order chi connectivity index (χ0) is 17.5. The molecule has 4 heteroatoms. The van der Waals surface area contributed by atoms with Crippen LogP contribution in [0, 0.1) is 0 Å². The summed E-state index contributed by atoms with van der Waals surface area (Å²) in [5, 5.41) is 0. The standard InChI is InChI=1S/C21H42N2S.BrH/c1-3-5-6-7-8-9-10-11-12-13-14-15-16-17-18-23-19-24-20(4-2)21(23)22;/h3-19,22H2,1-2H3;1H. The van der Waals surface area contributed by atoms with Crippen molar-refractivity contribution in [3.63, 3.8) is 0 Å². The molecule has 2 N–H and O–H groups in total. The molecule has 0 spiro atoms. The summed E-state index contributed by atoms with van der Waals surface area (Å²) in [5.41, 5.74) is 6.17. The average molecular weight is 436 g/mol. The molecule has 0 atom stereocenters. The molecule has 0 saturated carbocycles. The number of allylic oxidation sites excluding steroid dienone is 1. The Kier molecular flexibility index (Phi) is 17.7. The first-order chi connectivity index (χ1) is 11.8. The van der Waals surface area contributed by atoms with Crippen LogP contribution in [0.15, 0.2) is 10.7 Å². The Balaban J connectivity index is 0.00000576. The lowest BCUT2D eigenvalue weighted by molar-refractivity contribution is 0.384. The van der Waals surface area contributed by atoms with Gasteiger partial charge in [-0.3, -0.25) is 0 Å². The van der Waals surface area contributed by atoms with E-state index in [1.54, 1.807) is 0 Å². The predicted octanol–water partition coefficient (Wildman–Crippen LogP) is 7.59. The van der Waals surface area contributed by atoms with Gasteiger partial charge in [-0.05, 0) is 12.8 Å². The highest BCUT2D eigenvalue weighted by atomic mass is 79.9. The maximum atomic E-state index is 6.17. The highest BCUT2D eigenvalue weighted by Crippen LogP contribution is 2.31.